The summed E-state index contributed by atoms with van der Waals surface area (Å²) in [6, 6.07) is 2.55. The van der Waals surface area contributed by atoms with Crippen molar-refractivity contribution in [1.82, 2.24) is 14.6 Å². The van der Waals surface area contributed by atoms with E-state index in [-0.39, 0.29) is 6.42 Å². The molecule has 1 atom stereocenters. The van der Waals surface area contributed by atoms with E-state index in [2.05, 4.69) is 10.1 Å². The van der Waals surface area contributed by atoms with Gasteiger partial charge in [0.15, 0.2) is 5.65 Å². The second kappa shape index (κ2) is 3.66. The summed E-state index contributed by atoms with van der Waals surface area (Å²) in [6.45, 7) is 0. The number of carboxylic acids is 1. The number of nitrogens with two attached hydrogens (primary N) is 1. The number of nitrogens with zero attached hydrogens (tertiary/aromatic N) is 3. The summed E-state index contributed by atoms with van der Waals surface area (Å²) in [5.41, 5.74) is 6.71. The lowest BCUT2D eigenvalue weighted by molar-refractivity contribution is -0.138. The molecule has 3 N–H and O–H groups in total. The Balaban J connectivity index is 2.26. The van der Waals surface area contributed by atoms with E-state index in [1.165, 1.54) is 0 Å². The Morgan fingerprint density at radius 3 is 3.13 bits per heavy atom. The second-order valence-corrected chi connectivity index (χ2v) is 3.21. The molecule has 0 aromatic carbocycles. The molecule has 78 valence electrons. The Bertz CT molecular complexity index is 461. The van der Waals surface area contributed by atoms with Crippen molar-refractivity contribution in [3.05, 3.63) is 30.2 Å². The Morgan fingerprint density at radius 2 is 2.47 bits per heavy atom. The molecular weight excluding hydrogens is 196 g/mol. The van der Waals surface area contributed by atoms with Crippen LogP contribution in [0.2, 0.25) is 0 Å². The predicted octanol–water partition coefficient (Wildman–Crippen LogP) is -0.316. The number of fused-ring (bicyclic) bond motifs is 1. The van der Waals surface area contributed by atoms with Gasteiger partial charge in [0.05, 0.1) is 5.69 Å². The highest BCUT2D eigenvalue weighted by molar-refractivity contribution is 5.73. The summed E-state index contributed by atoms with van der Waals surface area (Å²) >= 11 is 0. The number of aromatic nitrogens is 3. The highest BCUT2D eigenvalue weighted by Gasteiger charge is 2.14. The van der Waals surface area contributed by atoms with Crippen molar-refractivity contribution in [3.63, 3.8) is 0 Å². The molecule has 2 aromatic rings. The maximum Gasteiger partial charge on any atom is 0.320 e. The normalized spacial score (nSPS) is 12.9. The van der Waals surface area contributed by atoms with Crippen LogP contribution in [-0.4, -0.2) is 31.7 Å². The smallest absolute Gasteiger partial charge is 0.320 e. The molecule has 2 aromatic heterocycles. The number of carbonyl (C=O) groups is 1. The van der Waals surface area contributed by atoms with Gasteiger partial charge in [0, 0.05) is 24.9 Å². The van der Waals surface area contributed by atoms with Crippen LogP contribution in [0.4, 0.5) is 0 Å². The van der Waals surface area contributed by atoms with Crippen LogP contribution in [0.25, 0.3) is 5.65 Å². The fraction of sp³-hybridized carbons (Fsp3) is 0.222. The monoisotopic (exact) mass is 206 g/mol. The van der Waals surface area contributed by atoms with Gasteiger partial charge in [-0.05, 0) is 6.07 Å². The fourth-order valence-corrected chi connectivity index (χ4v) is 1.29. The highest BCUT2D eigenvalue weighted by Crippen LogP contribution is 2.04. The van der Waals surface area contributed by atoms with Crippen molar-refractivity contribution < 1.29 is 9.90 Å². The van der Waals surface area contributed by atoms with Crippen molar-refractivity contribution in [2.24, 2.45) is 5.73 Å². The van der Waals surface area contributed by atoms with Crippen molar-refractivity contribution in [2.75, 3.05) is 0 Å². The van der Waals surface area contributed by atoms with Crippen molar-refractivity contribution in [1.29, 1.82) is 0 Å². The van der Waals surface area contributed by atoms with E-state index >= 15 is 0 Å². The van der Waals surface area contributed by atoms with Gasteiger partial charge in [-0.25, -0.2) is 9.50 Å². The predicted molar refractivity (Wildman–Crippen MR) is 52.3 cm³/mol. The maximum atomic E-state index is 10.5. The molecule has 0 radical (unpaired) electrons. The zero-order valence-corrected chi connectivity index (χ0v) is 7.87. The largest absolute Gasteiger partial charge is 0.480 e. The lowest BCUT2D eigenvalue weighted by Crippen LogP contribution is -2.32. The summed E-state index contributed by atoms with van der Waals surface area (Å²) < 4.78 is 1.59. The molecule has 0 bridgehead atoms. The number of aliphatic carboxylic acids is 1. The zero-order valence-electron chi connectivity index (χ0n) is 7.87. The van der Waals surface area contributed by atoms with Crippen LogP contribution in [-0.2, 0) is 11.2 Å². The molecule has 6 heteroatoms. The topological polar surface area (TPSA) is 93.5 Å². The quantitative estimate of drug-likeness (QED) is 0.718. The Kier molecular flexibility index (Phi) is 2.34. The third kappa shape index (κ3) is 1.94. The van der Waals surface area contributed by atoms with Crippen LogP contribution in [0.15, 0.2) is 24.5 Å². The first-order chi connectivity index (χ1) is 7.16. The van der Waals surface area contributed by atoms with Crippen LogP contribution in [0, 0.1) is 0 Å². The van der Waals surface area contributed by atoms with Crippen molar-refractivity contribution >= 4 is 11.6 Å². The molecule has 6 nitrogen and oxygen atoms in total. The molecule has 2 rings (SSSR count). The van der Waals surface area contributed by atoms with Gasteiger partial charge >= 0.3 is 5.97 Å². The first-order valence-corrected chi connectivity index (χ1v) is 4.44. The average molecular weight is 206 g/mol. The number of carboxylic acid groups (broad SMARTS) is 1. The van der Waals surface area contributed by atoms with E-state index in [1.54, 1.807) is 29.0 Å². The standard InChI is InChI=1S/C9H10N4O2/c10-7(9(14)15)4-6-5-8-11-2-1-3-13(8)12-6/h1-3,5,7H,4,10H2,(H,14,15). The Labute approximate surface area is 85.3 Å². The number of rotatable bonds is 3. The van der Waals surface area contributed by atoms with E-state index < -0.39 is 12.0 Å². The first kappa shape index (κ1) is 9.60. The maximum absolute atomic E-state index is 10.5. The molecule has 0 aliphatic carbocycles. The highest BCUT2D eigenvalue weighted by atomic mass is 16.4. The van der Waals surface area contributed by atoms with Crippen LogP contribution in [0.3, 0.4) is 0 Å². The van der Waals surface area contributed by atoms with Gasteiger partial charge in [-0.3, -0.25) is 4.79 Å². The number of hydrogen-bond acceptors (Lipinski definition) is 4. The summed E-state index contributed by atoms with van der Waals surface area (Å²) in [5, 5.41) is 12.8. The van der Waals surface area contributed by atoms with Gasteiger partial charge in [-0.1, -0.05) is 0 Å². The molecule has 0 saturated heterocycles. The van der Waals surface area contributed by atoms with Crippen LogP contribution < -0.4 is 5.73 Å². The molecule has 0 saturated carbocycles. The van der Waals surface area contributed by atoms with E-state index in [0.29, 0.717) is 11.3 Å². The summed E-state index contributed by atoms with van der Waals surface area (Å²) in [7, 11) is 0. The van der Waals surface area contributed by atoms with Gasteiger partial charge in [0.1, 0.15) is 6.04 Å². The summed E-state index contributed by atoms with van der Waals surface area (Å²) in [6.07, 6.45) is 3.61. The SMILES string of the molecule is NC(Cc1cc2ncccn2n1)C(=O)O. The molecular formula is C9H10N4O2. The van der Waals surface area contributed by atoms with Gasteiger partial charge in [-0.15, -0.1) is 0 Å². The average Bonchev–Trinajstić information content (AvgIpc) is 2.59. The molecule has 0 amide bonds. The van der Waals surface area contributed by atoms with Gasteiger partial charge in [0.2, 0.25) is 0 Å². The third-order valence-electron chi connectivity index (χ3n) is 2.03. The second-order valence-electron chi connectivity index (χ2n) is 3.21. The van der Waals surface area contributed by atoms with Crippen LogP contribution in [0.1, 0.15) is 5.69 Å². The Morgan fingerprint density at radius 1 is 1.67 bits per heavy atom. The molecule has 0 fully saturated rings. The lowest BCUT2D eigenvalue weighted by atomic mass is 10.2. The van der Waals surface area contributed by atoms with Crippen LogP contribution >= 0.6 is 0 Å². The molecule has 1 unspecified atom stereocenters. The fourth-order valence-electron chi connectivity index (χ4n) is 1.29. The molecule has 0 aliphatic rings. The summed E-state index contributed by atoms with van der Waals surface area (Å²) in [4.78, 5) is 14.6. The minimum atomic E-state index is -1.03. The van der Waals surface area contributed by atoms with E-state index in [1.807, 2.05) is 0 Å². The minimum Gasteiger partial charge on any atom is -0.480 e. The van der Waals surface area contributed by atoms with Gasteiger partial charge in [0.25, 0.3) is 0 Å². The van der Waals surface area contributed by atoms with Gasteiger partial charge < -0.3 is 10.8 Å². The van der Waals surface area contributed by atoms with Crippen LogP contribution in [0.5, 0.6) is 0 Å². The first-order valence-electron chi connectivity index (χ1n) is 4.44. The third-order valence-corrected chi connectivity index (χ3v) is 2.03. The summed E-state index contributed by atoms with van der Waals surface area (Å²) in [5.74, 6) is -1.03. The molecule has 2 heterocycles. The minimum absolute atomic E-state index is 0.207. The Hall–Kier alpha value is -1.95. The van der Waals surface area contributed by atoms with E-state index in [0.717, 1.165) is 0 Å². The molecule has 0 spiro atoms. The lowest BCUT2D eigenvalue weighted by Gasteiger charge is -2.01. The van der Waals surface area contributed by atoms with E-state index in [9.17, 15) is 4.79 Å². The molecule has 15 heavy (non-hydrogen) atoms. The van der Waals surface area contributed by atoms with Crippen molar-refractivity contribution in [2.45, 2.75) is 12.5 Å². The molecule has 0 aliphatic heterocycles. The van der Waals surface area contributed by atoms with E-state index in [4.69, 9.17) is 10.8 Å². The van der Waals surface area contributed by atoms with Crippen molar-refractivity contribution in [3.8, 4) is 0 Å². The van der Waals surface area contributed by atoms with Gasteiger partial charge in [-0.2, -0.15) is 5.10 Å². The zero-order chi connectivity index (χ0) is 10.8. The number of hydrogen-bond donors (Lipinski definition) is 2.